The summed E-state index contributed by atoms with van der Waals surface area (Å²) in [7, 11) is -3.60. The number of tetrazole rings is 1. The van der Waals surface area contributed by atoms with Gasteiger partial charge in [-0.1, -0.05) is 22.8 Å². The van der Waals surface area contributed by atoms with Crippen molar-refractivity contribution in [1.82, 2.24) is 19.8 Å². The molecule has 0 aliphatic heterocycles. The van der Waals surface area contributed by atoms with Crippen LogP contribution in [0, 0.1) is 6.92 Å². The Morgan fingerprint density at radius 2 is 1.90 bits per heavy atom. The van der Waals surface area contributed by atoms with Gasteiger partial charge in [0.05, 0.1) is 16.8 Å². The van der Waals surface area contributed by atoms with Crippen molar-refractivity contribution in [2.75, 3.05) is 0 Å². The highest BCUT2D eigenvalue weighted by Crippen LogP contribution is 2.13. The first kappa shape index (κ1) is 14.2. The van der Waals surface area contributed by atoms with Crippen LogP contribution in [-0.4, -0.2) is 28.2 Å². The van der Waals surface area contributed by atoms with Crippen LogP contribution in [-0.2, 0) is 16.4 Å². The van der Waals surface area contributed by atoms with E-state index < -0.39 is 15.5 Å². The first-order valence-corrected chi connectivity index (χ1v) is 7.51. The van der Waals surface area contributed by atoms with E-state index in [2.05, 4.69) is 10.3 Å². The van der Waals surface area contributed by atoms with Crippen LogP contribution in [0.2, 0.25) is 0 Å². The maximum absolute atomic E-state index is 12.1. The van der Waals surface area contributed by atoms with Gasteiger partial charge in [-0.25, -0.2) is 13.2 Å². The summed E-state index contributed by atoms with van der Waals surface area (Å²) in [4.78, 5) is 12.9. The van der Waals surface area contributed by atoms with Crippen molar-refractivity contribution in [2.24, 2.45) is 0 Å². The van der Waals surface area contributed by atoms with Crippen LogP contribution in [0.25, 0.3) is 6.20 Å². The molecule has 0 spiro atoms. The molecule has 8 heteroatoms. The zero-order chi connectivity index (χ0) is 14.8. The number of benzene rings is 1. The second kappa shape index (κ2) is 5.41. The smallest absolute Gasteiger partial charge is 0.242 e. The molecule has 0 bridgehead atoms. The van der Waals surface area contributed by atoms with E-state index in [-0.39, 0.29) is 4.90 Å². The van der Waals surface area contributed by atoms with Crippen molar-refractivity contribution in [2.45, 2.75) is 25.3 Å². The van der Waals surface area contributed by atoms with Gasteiger partial charge < -0.3 is 0 Å². The summed E-state index contributed by atoms with van der Waals surface area (Å²) in [6, 6.07) is 6.47. The summed E-state index contributed by atoms with van der Waals surface area (Å²) in [5, 5.41) is 7.90. The average Bonchev–Trinajstić information content (AvgIpc) is 2.77. The number of aryl methyl sites for hydroxylation is 2. The van der Waals surface area contributed by atoms with Gasteiger partial charge in [-0.15, -0.1) is 0 Å². The molecule has 0 fully saturated rings. The molecule has 0 amide bonds. The number of hydrogen-bond donors (Lipinski definition) is 0. The van der Waals surface area contributed by atoms with Crippen molar-refractivity contribution < 1.29 is 8.42 Å². The summed E-state index contributed by atoms with van der Waals surface area (Å²) < 4.78 is 25.2. The highest BCUT2D eigenvalue weighted by atomic mass is 32.2. The number of aromatic nitrogens is 4. The molecule has 0 saturated carbocycles. The Morgan fingerprint density at radius 3 is 2.50 bits per heavy atom. The van der Waals surface area contributed by atoms with Crippen LogP contribution in [0.1, 0.15) is 12.5 Å². The van der Waals surface area contributed by atoms with Crippen molar-refractivity contribution >= 4 is 16.0 Å². The third-order valence-electron chi connectivity index (χ3n) is 2.69. The third-order valence-corrected chi connectivity index (χ3v) is 4.10. The quantitative estimate of drug-likeness (QED) is 0.827. The van der Waals surface area contributed by atoms with E-state index in [1.165, 1.54) is 16.9 Å². The first-order chi connectivity index (χ1) is 9.44. The second-order valence-corrected chi connectivity index (χ2v) is 5.98. The molecule has 0 atom stereocenters. The van der Waals surface area contributed by atoms with Gasteiger partial charge in [0.15, 0.2) is 0 Å². The Morgan fingerprint density at radius 1 is 1.25 bits per heavy atom. The topological polar surface area (TPSA) is 86.8 Å². The van der Waals surface area contributed by atoms with Gasteiger partial charge >= 0.3 is 5.69 Å². The SMILES string of the molecule is CCn1nnc(=O)n1/C=C/S(=O)(=O)c1ccc(C)cc1. The summed E-state index contributed by atoms with van der Waals surface area (Å²) in [6.07, 6.45) is 1.15. The molecular weight excluding hydrogens is 280 g/mol. The van der Waals surface area contributed by atoms with E-state index in [9.17, 15) is 13.2 Å². The minimum absolute atomic E-state index is 0.169. The highest BCUT2D eigenvalue weighted by Gasteiger charge is 2.10. The lowest BCUT2D eigenvalue weighted by Gasteiger charge is -2.01. The largest absolute Gasteiger partial charge is 0.387 e. The van der Waals surface area contributed by atoms with Crippen LogP contribution < -0.4 is 5.69 Å². The summed E-state index contributed by atoms with van der Waals surface area (Å²) in [5.74, 6) is 0. The Balaban J connectivity index is 2.37. The van der Waals surface area contributed by atoms with Crippen LogP contribution in [0.15, 0.2) is 39.4 Å². The zero-order valence-corrected chi connectivity index (χ0v) is 11.9. The Bertz CT molecular complexity index is 785. The van der Waals surface area contributed by atoms with E-state index in [1.54, 1.807) is 19.1 Å². The fraction of sp³-hybridized carbons (Fsp3) is 0.250. The van der Waals surface area contributed by atoms with Crippen LogP contribution >= 0.6 is 0 Å². The molecule has 0 aliphatic carbocycles. The minimum atomic E-state index is -3.60. The van der Waals surface area contributed by atoms with Crippen molar-refractivity contribution in [1.29, 1.82) is 0 Å². The van der Waals surface area contributed by atoms with Gasteiger partial charge in [0.25, 0.3) is 0 Å². The molecule has 0 saturated heterocycles. The Labute approximate surface area is 116 Å². The van der Waals surface area contributed by atoms with E-state index in [4.69, 9.17) is 0 Å². The minimum Gasteiger partial charge on any atom is -0.242 e. The maximum Gasteiger partial charge on any atom is 0.387 e. The molecule has 20 heavy (non-hydrogen) atoms. The molecule has 1 aromatic carbocycles. The zero-order valence-electron chi connectivity index (χ0n) is 11.1. The lowest BCUT2D eigenvalue weighted by molar-refractivity contribution is 0.509. The second-order valence-electron chi connectivity index (χ2n) is 4.15. The lowest BCUT2D eigenvalue weighted by Crippen LogP contribution is -2.19. The van der Waals surface area contributed by atoms with Gasteiger partial charge in [0.2, 0.25) is 9.84 Å². The van der Waals surface area contributed by atoms with Crippen molar-refractivity contribution in [3.63, 3.8) is 0 Å². The van der Waals surface area contributed by atoms with E-state index in [0.717, 1.165) is 21.9 Å². The van der Waals surface area contributed by atoms with Crippen LogP contribution in [0.5, 0.6) is 0 Å². The Hall–Kier alpha value is -2.22. The van der Waals surface area contributed by atoms with Crippen molar-refractivity contribution in [3.8, 4) is 0 Å². The molecule has 7 nitrogen and oxygen atoms in total. The fourth-order valence-electron chi connectivity index (χ4n) is 1.58. The predicted octanol–water partition coefficient (Wildman–Crippen LogP) is 0.670. The van der Waals surface area contributed by atoms with E-state index >= 15 is 0 Å². The third kappa shape index (κ3) is 2.85. The normalized spacial score (nSPS) is 12.1. The summed E-state index contributed by atoms with van der Waals surface area (Å²) in [6.45, 7) is 4.05. The predicted molar refractivity (Wildman–Crippen MR) is 73.7 cm³/mol. The molecule has 2 aromatic rings. The molecule has 0 unspecified atom stereocenters. The maximum atomic E-state index is 12.1. The fourth-order valence-corrected chi connectivity index (χ4v) is 2.53. The molecule has 106 valence electrons. The number of rotatable bonds is 4. The molecule has 0 radical (unpaired) electrons. The van der Waals surface area contributed by atoms with Gasteiger partial charge in [0, 0.05) is 6.20 Å². The molecule has 2 rings (SSSR count). The number of hydrogen-bond acceptors (Lipinski definition) is 5. The highest BCUT2D eigenvalue weighted by molar-refractivity contribution is 7.94. The molecule has 1 heterocycles. The number of sulfone groups is 1. The molecular formula is C12H14N4O3S. The standard InChI is InChI=1S/C12H14N4O3S/c1-3-16-14-13-12(17)15(16)8-9-20(18,19)11-6-4-10(2)5-7-11/h4-9H,3H2,1-2H3/b9-8+. The van der Waals surface area contributed by atoms with Crippen LogP contribution in [0.3, 0.4) is 0 Å². The number of nitrogens with zero attached hydrogens (tertiary/aromatic N) is 4. The lowest BCUT2D eigenvalue weighted by atomic mass is 10.2. The summed E-state index contributed by atoms with van der Waals surface area (Å²) in [5.41, 5.74) is 0.347. The molecule has 0 aliphatic rings. The van der Waals surface area contributed by atoms with Crippen molar-refractivity contribution in [3.05, 3.63) is 45.7 Å². The van der Waals surface area contributed by atoms with Gasteiger partial charge in [0.1, 0.15) is 0 Å². The van der Waals surface area contributed by atoms with Gasteiger partial charge in [-0.3, -0.25) is 0 Å². The molecule has 1 aromatic heterocycles. The Kier molecular flexibility index (Phi) is 3.84. The van der Waals surface area contributed by atoms with Gasteiger partial charge in [-0.05, 0) is 31.2 Å². The van der Waals surface area contributed by atoms with E-state index in [0.29, 0.717) is 6.54 Å². The average molecular weight is 294 g/mol. The van der Waals surface area contributed by atoms with E-state index in [1.807, 2.05) is 6.92 Å². The van der Waals surface area contributed by atoms with Gasteiger partial charge in [-0.2, -0.15) is 9.48 Å². The monoisotopic (exact) mass is 294 g/mol. The molecule has 0 N–H and O–H groups in total. The van der Waals surface area contributed by atoms with Crippen LogP contribution in [0.4, 0.5) is 0 Å². The summed E-state index contributed by atoms with van der Waals surface area (Å²) >= 11 is 0. The first-order valence-electron chi connectivity index (χ1n) is 5.96.